The highest BCUT2D eigenvalue weighted by Crippen LogP contribution is 2.41. The van der Waals surface area contributed by atoms with Crippen LogP contribution in [0.5, 0.6) is 0 Å². The Morgan fingerprint density at radius 1 is 1.36 bits per heavy atom. The molecule has 1 aliphatic heterocycles. The topological polar surface area (TPSA) is 168 Å². The molecule has 3 heterocycles. The van der Waals surface area contributed by atoms with Gasteiger partial charge in [0, 0.05) is 6.42 Å². The molecule has 2 aromatic heterocycles. The molecule has 0 unspecified atom stereocenters. The van der Waals surface area contributed by atoms with Crippen LogP contribution in [0.15, 0.2) is 18.5 Å². The summed E-state index contributed by atoms with van der Waals surface area (Å²) in [6.45, 7) is 3.30. The number of fused-ring (bicyclic) bond motifs is 1. The number of esters is 1. The first-order chi connectivity index (χ1) is 15.9. The number of aliphatic hydroxyl groups is 2. The lowest BCUT2D eigenvalue weighted by Crippen LogP contribution is -2.43. The third-order valence-corrected chi connectivity index (χ3v) is 5.37. The molecule has 1 saturated heterocycles. The maximum atomic E-state index is 12.1. The molecule has 12 nitrogen and oxygen atoms in total. The Bertz CT molecular complexity index is 1040. The molecule has 3 rings (SSSR count). The fraction of sp³-hybridized carbons (Fsp3) is 0.571. The van der Waals surface area contributed by atoms with Crippen molar-refractivity contribution in [1.29, 1.82) is 5.26 Å². The summed E-state index contributed by atoms with van der Waals surface area (Å²) in [5.74, 6) is -0.480. The number of carbonyl (C=O) groups excluding carboxylic acids is 2. The molecular weight excluding hydrogens is 434 g/mol. The minimum absolute atomic E-state index is 0.0474. The Hall–Kier alpha value is -3.27. The fourth-order valence-corrected chi connectivity index (χ4v) is 3.65. The highest BCUT2D eigenvalue weighted by atomic mass is 16.6. The number of rotatable bonds is 9. The predicted octanol–water partition coefficient (Wildman–Crippen LogP) is 1.26. The summed E-state index contributed by atoms with van der Waals surface area (Å²) in [6.07, 6.45) is -0.794. The molecule has 1 amide bonds. The van der Waals surface area contributed by atoms with Crippen LogP contribution in [0.4, 0.5) is 10.6 Å². The van der Waals surface area contributed by atoms with E-state index in [-0.39, 0.29) is 24.5 Å². The van der Waals surface area contributed by atoms with E-state index in [1.807, 2.05) is 13.0 Å². The number of unbranched alkanes of at least 4 members (excludes halogenated alkanes) is 2. The van der Waals surface area contributed by atoms with E-state index in [4.69, 9.17) is 14.2 Å². The highest BCUT2D eigenvalue weighted by Gasteiger charge is 2.59. The van der Waals surface area contributed by atoms with Crippen LogP contribution in [0.25, 0.3) is 5.52 Å². The molecule has 4 atom stereocenters. The van der Waals surface area contributed by atoms with Gasteiger partial charge < -0.3 is 24.4 Å². The molecule has 0 aliphatic carbocycles. The summed E-state index contributed by atoms with van der Waals surface area (Å²) in [6, 6.07) is 4.96. The minimum atomic E-state index is -2.00. The number of carbonyl (C=O) groups is 2. The number of ether oxygens (including phenoxy) is 3. The average Bonchev–Trinajstić information content (AvgIpc) is 3.37. The standard InChI is InChI=1S/C21H27N5O7/c1-3-5-6-9-31-20(30)25-19-13-7-8-15(26(13)24-12-23-19)21(11-22)18(29)17(14(10-27)33-21)32-16(28)4-2/h7-8,12,14,17-18,27,29H,3-6,9-10H2,1-2H3,(H,23,24,25,30)/t14-,17-,18-,21+/m1/s1. The number of aromatic nitrogens is 3. The molecule has 0 bridgehead atoms. The van der Waals surface area contributed by atoms with Crippen molar-refractivity contribution in [2.45, 2.75) is 63.4 Å². The van der Waals surface area contributed by atoms with Gasteiger partial charge in [-0.1, -0.05) is 26.7 Å². The van der Waals surface area contributed by atoms with Crippen LogP contribution in [0.3, 0.4) is 0 Å². The molecule has 2 aromatic rings. The number of hydrogen-bond donors (Lipinski definition) is 3. The van der Waals surface area contributed by atoms with Crippen LogP contribution in [0, 0.1) is 11.3 Å². The molecule has 3 N–H and O–H groups in total. The number of hydrogen-bond acceptors (Lipinski definition) is 10. The first-order valence-corrected chi connectivity index (χ1v) is 10.8. The van der Waals surface area contributed by atoms with E-state index in [1.165, 1.54) is 16.6 Å². The van der Waals surface area contributed by atoms with Gasteiger partial charge in [0.1, 0.15) is 30.1 Å². The van der Waals surface area contributed by atoms with Gasteiger partial charge in [0.25, 0.3) is 0 Å². The zero-order valence-corrected chi connectivity index (χ0v) is 18.4. The van der Waals surface area contributed by atoms with Gasteiger partial charge in [-0.2, -0.15) is 10.4 Å². The van der Waals surface area contributed by atoms with Gasteiger partial charge in [-0.25, -0.2) is 14.3 Å². The number of nitrogens with zero attached hydrogens (tertiary/aromatic N) is 4. The summed E-state index contributed by atoms with van der Waals surface area (Å²) in [7, 11) is 0. The lowest BCUT2D eigenvalue weighted by Gasteiger charge is -2.24. The summed E-state index contributed by atoms with van der Waals surface area (Å²) >= 11 is 0. The summed E-state index contributed by atoms with van der Waals surface area (Å²) in [5.41, 5.74) is -1.56. The fourth-order valence-electron chi connectivity index (χ4n) is 3.65. The Kier molecular flexibility index (Phi) is 7.80. The first kappa shape index (κ1) is 24.4. The number of aliphatic hydroxyl groups excluding tert-OH is 2. The molecule has 1 fully saturated rings. The van der Waals surface area contributed by atoms with Crippen molar-refractivity contribution in [3.05, 3.63) is 24.2 Å². The Morgan fingerprint density at radius 3 is 2.82 bits per heavy atom. The number of amides is 1. The van der Waals surface area contributed by atoms with E-state index >= 15 is 0 Å². The third-order valence-electron chi connectivity index (χ3n) is 5.37. The van der Waals surface area contributed by atoms with Crippen LogP contribution >= 0.6 is 0 Å². The summed E-state index contributed by atoms with van der Waals surface area (Å²) in [4.78, 5) is 28.0. The van der Waals surface area contributed by atoms with Crippen LogP contribution in [-0.2, 0) is 24.6 Å². The highest BCUT2D eigenvalue weighted by molar-refractivity contribution is 5.88. The van der Waals surface area contributed by atoms with Crippen molar-refractivity contribution in [3.8, 4) is 6.07 Å². The predicted molar refractivity (Wildman–Crippen MR) is 113 cm³/mol. The quantitative estimate of drug-likeness (QED) is 0.365. The zero-order valence-electron chi connectivity index (χ0n) is 18.4. The molecule has 0 radical (unpaired) electrons. The van der Waals surface area contributed by atoms with Gasteiger partial charge in [0.2, 0.25) is 5.60 Å². The third kappa shape index (κ3) is 4.75. The van der Waals surface area contributed by atoms with E-state index in [0.29, 0.717) is 5.52 Å². The van der Waals surface area contributed by atoms with E-state index in [0.717, 1.165) is 25.6 Å². The number of anilines is 1. The Labute approximate surface area is 190 Å². The van der Waals surface area contributed by atoms with Crippen LogP contribution < -0.4 is 5.32 Å². The molecule has 33 heavy (non-hydrogen) atoms. The summed E-state index contributed by atoms with van der Waals surface area (Å²) in [5, 5.41) is 37.3. The van der Waals surface area contributed by atoms with Crippen molar-refractivity contribution in [2.24, 2.45) is 0 Å². The second-order valence-corrected chi connectivity index (χ2v) is 7.53. The van der Waals surface area contributed by atoms with Gasteiger partial charge in [-0.05, 0) is 18.6 Å². The van der Waals surface area contributed by atoms with Crippen molar-refractivity contribution in [3.63, 3.8) is 0 Å². The number of nitriles is 1. The molecule has 1 aliphatic rings. The van der Waals surface area contributed by atoms with E-state index in [9.17, 15) is 25.1 Å². The summed E-state index contributed by atoms with van der Waals surface area (Å²) < 4.78 is 17.4. The van der Waals surface area contributed by atoms with Gasteiger partial charge in [-0.3, -0.25) is 10.1 Å². The lowest BCUT2D eigenvalue weighted by atomic mass is 9.92. The van der Waals surface area contributed by atoms with Gasteiger partial charge >= 0.3 is 12.1 Å². The molecule has 0 aromatic carbocycles. The molecule has 0 saturated carbocycles. The number of nitrogens with one attached hydrogen (secondary N) is 1. The van der Waals surface area contributed by atoms with E-state index in [1.54, 1.807) is 6.92 Å². The maximum Gasteiger partial charge on any atom is 0.412 e. The van der Waals surface area contributed by atoms with Crippen molar-refractivity contribution in [2.75, 3.05) is 18.5 Å². The second kappa shape index (κ2) is 10.6. The largest absolute Gasteiger partial charge is 0.457 e. The molecular formula is C21H27N5O7. The second-order valence-electron chi connectivity index (χ2n) is 7.53. The van der Waals surface area contributed by atoms with Crippen molar-refractivity contribution < 1.29 is 34.0 Å². The van der Waals surface area contributed by atoms with Gasteiger partial charge in [0.05, 0.1) is 18.9 Å². The maximum absolute atomic E-state index is 12.1. The van der Waals surface area contributed by atoms with Crippen LogP contribution in [0.2, 0.25) is 0 Å². The Morgan fingerprint density at radius 2 is 2.15 bits per heavy atom. The van der Waals surface area contributed by atoms with Gasteiger partial charge in [-0.15, -0.1) is 0 Å². The zero-order chi connectivity index (χ0) is 24.0. The molecule has 0 spiro atoms. The average molecular weight is 461 g/mol. The van der Waals surface area contributed by atoms with E-state index in [2.05, 4.69) is 15.4 Å². The van der Waals surface area contributed by atoms with Crippen LogP contribution in [0.1, 0.15) is 45.2 Å². The minimum Gasteiger partial charge on any atom is -0.457 e. The molecule has 178 valence electrons. The van der Waals surface area contributed by atoms with E-state index < -0.39 is 42.6 Å². The van der Waals surface area contributed by atoms with Crippen molar-refractivity contribution in [1.82, 2.24) is 14.6 Å². The first-order valence-electron chi connectivity index (χ1n) is 10.8. The SMILES string of the molecule is CCCCCOC(=O)Nc1ncnn2c([C@]3(C#N)O[C@H](CO)[C@@H](OC(=O)CC)[C@H]3O)ccc12. The molecule has 12 heteroatoms. The van der Waals surface area contributed by atoms with Crippen molar-refractivity contribution >= 4 is 23.4 Å². The lowest BCUT2D eigenvalue weighted by molar-refractivity contribution is -0.156. The monoisotopic (exact) mass is 461 g/mol. The van der Waals surface area contributed by atoms with Gasteiger partial charge in [0.15, 0.2) is 11.9 Å². The Balaban J connectivity index is 1.90. The smallest absolute Gasteiger partial charge is 0.412 e. The van der Waals surface area contributed by atoms with Crippen LogP contribution in [-0.4, -0.2) is 68.4 Å². The normalized spacial score (nSPS) is 24.4.